The van der Waals surface area contributed by atoms with Crippen LogP contribution in [0.25, 0.3) is 0 Å². The van der Waals surface area contributed by atoms with Crippen LogP contribution in [-0.2, 0) is 4.79 Å². The van der Waals surface area contributed by atoms with Crippen molar-refractivity contribution in [2.75, 3.05) is 32.7 Å². The number of carbonyl (C=O) groups is 2. The van der Waals surface area contributed by atoms with Gasteiger partial charge in [-0.2, -0.15) is 0 Å². The fourth-order valence-corrected chi connectivity index (χ4v) is 3.98. The summed E-state index contributed by atoms with van der Waals surface area (Å²) in [7, 11) is 0. The molecule has 3 heterocycles. The van der Waals surface area contributed by atoms with Crippen LogP contribution in [0, 0.1) is 0 Å². The van der Waals surface area contributed by atoms with Gasteiger partial charge in [0.05, 0.1) is 0 Å². The molecule has 0 aromatic rings. The van der Waals surface area contributed by atoms with Crippen LogP contribution in [0.3, 0.4) is 0 Å². The van der Waals surface area contributed by atoms with E-state index in [2.05, 4.69) is 4.90 Å². The zero-order valence-electron chi connectivity index (χ0n) is 12.5. The molecule has 3 rings (SSSR count). The molecule has 118 valence electrons. The van der Waals surface area contributed by atoms with Crippen molar-refractivity contribution in [3.8, 4) is 0 Å². The highest BCUT2D eigenvalue weighted by Gasteiger charge is 2.37. The monoisotopic (exact) mass is 295 g/mol. The lowest BCUT2D eigenvalue weighted by atomic mass is 10.0. The molecule has 0 saturated carbocycles. The zero-order valence-corrected chi connectivity index (χ0v) is 12.5. The highest BCUT2D eigenvalue weighted by Crippen LogP contribution is 2.24. The van der Waals surface area contributed by atoms with Crippen molar-refractivity contribution in [1.29, 1.82) is 0 Å². The summed E-state index contributed by atoms with van der Waals surface area (Å²) in [5.41, 5.74) is 0. The van der Waals surface area contributed by atoms with Gasteiger partial charge < -0.3 is 14.9 Å². The lowest BCUT2D eigenvalue weighted by molar-refractivity contribution is -0.143. The minimum Gasteiger partial charge on any atom is -0.480 e. The molecule has 1 N–H and O–H groups in total. The van der Waals surface area contributed by atoms with E-state index in [0.717, 1.165) is 51.9 Å². The number of carboxylic acid groups (broad SMARTS) is 1. The lowest BCUT2D eigenvalue weighted by Crippen LogP contribution is -2.54. The maximum atomic E-state index is 12.8. The zero-order chi connectivity index (χ0) is 14.8. The molecule has 3 saturated heterocycles. The summed E-state index contributed by atoms with van der Waals surface area (Å²) in [6, 6.07) is -0.213. The number of aliphatic carboxylic acids is 1. The standard InChI is InChI=1S/C15H25N3O3/c19-14(20)13-6-1-2-10-18(13)15(21)17-9-4-8-16-7-3-5-12(16)11-17/h12-13H,1-11H2,(H,19,20). The number of amides is 2. The van der Waals surface area contributed by atoms with Crippen LogP contribution in [0.2, 0.25) is 0 Å². The van der Waals surface area contributed by atoms with Gasteiger partial charge in [-0.1, -0.05) is 0 Å². The summed E-state index contributed by atoms with van der Waals surface area (Å²) in [6.07, 6.45) is 5.77. The van der Waals surface area contributed by atoms with E-state index in [9.17, 15) is 14.7 Å². The first-order valence-corrected chi connectivity index (χ1v) is 8.19. The molecule has 3 aliphatic rings. The smallest absolute Gasteiger partial charge is 0.326 e. The van der Waals surface area contributed by atoms with E-state index in [-0.39, 0.29) is 6.03 Å². The van der Waals surface area contributed by atoms with Crippen molar-refractivity contribution >= 4 is 12.0 Å². The molecule has 6 nitrogen and oxygen atoms in total. The molecule has 0 aromatic heterocycles. The summed E-state index contributed by atoms with van der Waals surface area (Å²) in [5, 5.41) is 9.34. The predicted molar refractivity (Wildman–Crippen MR) is 78.2 cm³/mol. The molecule has 0 aromatic carbocycles. The Kier molecular flexibility index (Phi) is 4.33. The van der Waals surface area contributed by atoms with Gasteiger partial charge in [0, 0.05) is 32.2 Å². The SMILES string of the molecule is O=C(O)C1CCCCN1C(=O)N1CCCN2CCCC2C1. The number of carboxylic acids is 1. The number of nitrogens with zero attached hydrogens (tertiary/aromatic N) is 3. The Morgan fingerprint density at radius 2 is 1.71 bits per heavy atom. The second kappa shape index (κ2) is 6.22. The number of hydrogen-bond acceptors (Lipinski definition) is 3. The fraction of sp³-hybridized carbons (Fsp3) is 0.867. The van der Waals surface area contributed by atoms with Crippen molar-refractivity contribution in [2.24, 2.45) is 0 Å². The number of likely N-dealkylation sites (tertiary alicyclic amines) is 1. The van der Waals surface area contributed by atoms with Gasteiger partial charge >= 0.3 is 12.0 Å². The third-order valence-electron chi connectivity index (χ3n) is 5.11. The minimum atomic E-state index is -0.861. The van der Waals surface area contributed by atoms with Crippen molar-refractivity contribution in [2.45, 2.75) is 50.6 Å². The van der Waals surface area contributed by atoms with Crippen LogP contribution in [-0.4, -0.2) is 76.6 Å². The van der Waals surface area contributed by atoms with Crippen molar-refractivity contribution in [3.63, 3.8) is 0 Å². The summed E-state index contributed by atoms with van der Waals surface area (Å²) >= 11 is 0. The summed E-state index contributed by atoms with van der Waals surface area (Å²) in [4.78, 5) is 30.1. The largest absolute Gasteiger partial charge is 0.480 e. The van der Waals surface area contributed by atoms with Gasteiger partial charge in [0.15, 0.2) is 0 Å². The van der Waals surface area contributed by atoms with E-state index in [0.29, 0.717) is 19.0 Å². The first-order chi connectivity index (χ1) is 10.2. The molecular weight excluding hydrogens is 270 g/mol. The van der Waals surface area contributed by atoms with E-state index >= 15 is 0 Å². The molecule has 0 spiro atoms. The minimum absolute atomic E-state index is 0.0594. The molecule has 3 aliphatic heterocycles. The Labute approximate surface area is 125 Å². The molecule has 0 bridgehead atoms. The van der Waals surface area contributed by atoms with Crippen LogP contribution in [0.5, 0.6) is 0 Å². The molecule has 3 fully saturated rings. The van der Waals surface area contributed by atoms with Crippen LogP contribution in [0.1, 0.15) is 38.5 Å². The van der Waals surface area contributed by atoms with E-state index < -0.39 is 12.0 Å². The number of hydrogen-bond donors (Lipinski definition) is 1. The van der Waals surface area contributed by atoms with Gasteiger partial charge in [-0.3, -0.25) is 4.90 Å². The molecular formula is C15H25N3O3. The highest BCUT2D eigenvalue weighted by atomic mass is 16.4. The fourth-order valence-electron chi connectivity index (χ4n) is 3.98. The average Bonchev–Trinajstić information content (AvgIpc) is 2.83. The Morgan fingerprint density at radius 1 is 0.905 bits per heavy atom. The summed E-state index contributed by atoms with van der Waals surface area (Å²) in [5.74, 6) is -0.861. The number of fused-ring (bicyclic) bond motifs is 1. The van der Waals surface area contributed by atoms with E-state index in [1.807, 2.05) is 4.90 Å². The van der Waals surface area contributed by atoms with Crippen molar-refractivity contribution in [1.82, 2.24) is 14.7 Å². The molecule has 6 heteroatoms. The highest BCUT2D eigenvalue weighted by molar-refractivity contribution is 5.83. The van der Waals surface area contributed by atoms with Gasteiger partial charge in [0.1, 0.15) is 6.04 Å². The maximum absolute atomic E-state index is 12.8. The number of rotatable bonds is 1. The van der Waals surface area contributed by atoms with E-state index in [1.54, 1.807) is 4.90 Å². The molecule has 0 aliphatic carbocycles. The summed E-state index contributed by atoms with van der Waals surface area (Å²) < 4.78 is 0. The normalized spacial score (nSPS) is 30.9. The third kappa shape index (κ3) is 3.00. The van der Waals surface area contributed by atoms with Crippen molar-refractivity contribution < 1.29 is 14.7 Å². The van der Waals surface area contributed by atoms with Gasteiger partial charge in [-0.25, -0.2) is 9.59 Å². The third-order valence-corrected chi connectivity index (χ3v) is 5.11. The Bertz CT molecular complexity index is 415. The quantitative estimate of drug-likeness (QED) is 0.790. The average molecular weight is 295 g/mol. The van der Waals surface area contributed by atoms with Gasteiger partial charge in [-0.05, 0) is 45.1 Å². The first-order valence-electron chi connectivity index (χ1n) is 8.19. The summed E-state index contributed by atoms with van der Waals surface area (Å²) in [6.45, 7) is 4.32. The van der Waals surface area contributed by atoms with Gasteiger partial charge in [0.2, 0.25) is 0 Å². The molecule has 21 heavy (non-hydrogen) atoms. The molecule has 2 unspecified atom stereocenters. The number of piperidine rings is 1. The number of urea groups is 1. The molecule has 2 amide bonds. The predicted octanol–water partition coefficient (Wildman–Crippen LogP) is 1.22. The first kappa shape index (κ1) is 14.6. The maximum Gasteiger partial charge on any atom is 0.326 e. The Morgan fingerprint density at radius 3 is 2.52 bits per heavy atom. The van der Waals surface area contributed by atoms with Gasteiger partial charge in [-0.15, -0.1) is 0 Å². The van der Waals surface area contributed by atoms with Crippen LogP contribution in [0.4, 0.5) is 4.79 Å². The lowest BCUT2D eigenvalue weighted by Gasteiger charge is -2.37. The Hall–Kier alpha value is -1.30. The van der Waals surface area contributed by atoms with Crippen LogP contribution >= 0.6 is 0 Å². The van der Waals surface area contributed by atoms with Gasteiger partial charge in [0.25, 0.3) is 0 Å². The van der Waals surface area contributed by atoms with Crippen molar-refractivity contribution in [3.05, 3.63) is 0 Å². The van der Waals surface area contributed by atoms with Crippen LogP contribution < -0.4 is 0 Å². The van der Waals surface area contributed by atoms with E-state index in [4.69, 9.17) is 0 Å². The topological polar surface area (TPSA) is 64.1 Å². The number of carbonyl (C=O) groups excluding carboxylic acids is 1. The Balaban J connectivity index is 1.69. The molecule has 0 radical (unpaired) electrons. The van der Waals surface area contributed by atoms with E-state index in [1.165, 1.54) is 6.42 Å². The second-order valence-electron chi connectivity index (χ2n) is 6.46. The molecule has 2 atom stereocenters. The van der Waals surface area contributed by atoms with Crippen LogP contribution in [0.15, 0.2) is 0 Å². The second-order valence-corrected chi connectivity index (χ2v) is 6.46.